The average molecular weight is 307 g/mol. The van der Waals surface area contributed by atoms with E-state index in [-0.39, 0.29) is 12.6 Å². The summed E-state index contributed by atoms with van der Waals surface area (Å²) in [5.41, 5.74) is 1.66. The number of aryl methyl sites for hydroxylation is 2. The van der Waals surface area contributed by atoms with Crippen LogP contribution >= 0.6 is 0 Å². The van der Waals surface area contributed by atoms with Gasteiger partial charge in [0.25, 0.3) is 0 Å². The van der Waals surface area contributed by atoms with Gasteiger partial charge in [-0.2, -0.15) is 0 Å². The highest BCUT2D eigenvalue weighted by Gasteiger charge is 2.27. The van der Waals surface area contributed by atoms with Gasteiger partial charge >= 0.3 is 12.1 Å². The average Bonchev–Trinajstić information content (AvgIpc) is 2.39. The molecule has 0 aromatic heterocycles. The smallest absolute Gasteiger partial charge is 0.414 e. The van der Waals surface area contributed by atoms with Crippen molar-refractivity contribution in [2.75, 3.05) is 18.6 Å². The van der Waals surface area contributed by atoms with Gasteiger partial charge in [-0.1, -0.05) is 6.07 Å². The van der Waals surface area contributed by atoms with Crippen LogP contribution in [0.4, 0.5) is 10.5 Å². The van der Waals surface area contributed by atoms with Gasteiger partial charge in [0.1, 0.15) is 0 Å². The fourth-order valence-electron chi connectivity index (χ4n) is 1.88. The molecule has 0 unspecified atom stereocenters. The molecule has 122 valence electrons. The van der Waals surface area contributed by atoms with Crippen LogP contribution in [0, 0.1) is 19.3 Å². The van der Waals surface area contributed by atoms with E-state index in [9.17, 15) is 9.59 Å². The van der Waals surface area contributed by atoms with Gasteiger partial charge in [0, 0.05) is 7.05 Å². The molecule has 1 amide bonds. The van der Waals surface area contributed by atoms with Crippen molar-refractivity contribution in [2.45, 2.75) is 41.5 Å². The Balaban J connectivity index is 3.26. The van der Waals surface area contributed by atoms with Gasteiger partial charge in [-0.3, -0.25) is 9.69 Å². The van der Waals surface area contributed by atoms with Gasteiger partial charge in [0.2, 0.25) is 0 Å². The Morgan fingerprint density at radius 3 is 2.27 bits per heavy atom. The fourth-order valence-corrected chi connectivity index (χ4v) is 1.88. The molecule has 1 aromatic rings. The lowest BCUT2D eigenvalue weighted by Crippen LogP contribution is -2.30. The van der Waals surface area contributed by atoms with E-state index in [1.807, 2.05) is 19.9 Å². The highest BCUT2D eigenvalue weighted by molar-refractivity contribution is 5.91. The third kappa shape index (κ3) is 4.23. The molecule has 0 heterocycles. The molecule has 0 aliphatic heterocycles. The molecule has 0 radical (unpaired) electrons. The van der Waals surface area contributed by atoms with Crippen molar-refractivity contribution in [3.8, 4) is 5.75 Å². The highest BCUT2D eigenvalue weighted by Crippen LogP contribution is 2.34. The SMILES string of the molecule is CCOC(=O)N(C)c1cc(C)cc(C)c1OC(=O)C(C)(C)C. The van der Waals surface area contributed by atoms with Crippen LogP contribution in [-0.4, -0.2) is 25.7 Å². The zero-order valence-corrected chi connectivity index (χ0v) is 14.4. The molecule has 1 rings (SSSR count). The lowest BCUT2D eigenvalue weighted by atomic mass is 9.97. The molecule has 0 saturated carbocycles. The molecule has 1 aromatic carbocycles. The molecule has 0 N–H and O–H groups in total. The van der Waals surface area contributed by atoms with Crippen molar-refractivity contribution in [1.29, 1.82) is 0 Å². The number of benzene rings is 1. The fraction of sp³-hybridized carbons (Fsp3) is 0.529. The first-order valence-corrected chi connectivity index (χ1v) is 7.32. The molecule has 0 aliphatic rings. The van der Waals surface area contributed by atoms with Gasteiger partial charge in [0.05, 0.1) is 17.7 Å². The van der Waals surface area contributed by atoms with Crippen LogP contribution in [0.3, 0.4) is 0 Å². The number of amides is 1. The van der Waals surface area contributed by atoms with E-state index in [0.717, 1.165) is 11.1 Å². The second-order valence-electron chi connectivity index (χ2n) is 6.33. The minimum atomic E-state index is -0.628. The Hall–Kier alpha value is -2.04. The molecule has 5 heteroatoms. The topological polar surface area (TPSA) is 55.8 Å². The summed E-state index contributed by atoms with van der Waals surface area (Å²) in [6.07, 6.45) is -0.486. The molecule has 0 spiro atoms. The van der Waals surface area contributed by atoms with Crippen LogP contribution in [-0.2, 0) is 9.53 Å². The summed E-state index contributed by atoms with van der Waals surface area (Å²) in [5, 5.41) is 0. The zero-order chi connectivity index (χ0) is 17.1. The van der Waals surface area contributed by atoms with Gasteiger partial charge in [-0.25, -0.2) is 4.79 Å². The van der Waals surface area contributed by atoms with Crippen molar-refractivity contribution in [3.63, 3.8) is 0 Å². The van der Waals surface area contributed by atoms with Crippen molar-refractivity contribution in [2.24, 2.45) is 5.41 Å². The third-order valence-corrected chi connectivity index (χ3v) is 3.11. The Bertz CT molecular complexity index is 573. The molecule has 0 aliphatic carbocycles. The number of hydrogen-bond donors (Lipinski definition) is 0. The predicted octanol–water partition coefficient (Wildman–Crippen LogP) is 3.85. The lowest BCUT2D eigenvalue weighted by Gasteiger charge is -2.24. The number of esters is 1. The lowest BCUT2D eigenvalue weighted by molar-refractivity contribution is -0.143. The van der Waals surface area contributed by atoms with Crippen LogP contribution in [0.25, 0.3) is 0 Å². The van der Waals surface area contributed by atoms with E-state index < -0.39 is 11.5 Å². The minimum Gasteiger partial charge on any atom is -0.449 e. The number of ether oxygens (including phenoxy) is 2. The first-order chi connectivity index (χ1) is 10.1. The molecule has 0 bridgehead atoms. The van der Waals surface area contributed by atoms with E-state index in [2.05, 4.69) is 0 Å². The maximum Gasteiger partial charge on any atom is 0.414 e. The molecular weight excluding hydrogens is 282 g/mol. The largest absolute Gasteiger partial charge is 0.449 e. The number of nitrogens with zero attached hydrogens (tertiary/aromatic N) is 1. The standard InChI is InChI=1S/C17H25NO4/c1-8-21-16(20)18(7)13-10-11(2)9-12(3)14(13)22-15(19)17(4,5)6/h9-10H,8H2,1-7H3. The molecular formula is C17H25NO4. The number of anilines is 1. The number of carbonyl (C=O) groups is 2. The normalized spacial score (nSPS) is 11.0. The Morgan fingerprint density at radius 2 is 1.77 bits per heavy atom. The Kier molecular flexibility index (Phi) is 5.58. The van der Waals surface area contributed by atoms with E-state index in [0.29, 0.717) is 11.4 Å². The van der Waals surface area contributed by atoms with E-state index in [1.165, 1.54) is 4.90 Å². The summed E-state index contributed by atoms with van der Waals surface area (Å²) in [7, 11) is 1.60. The summed E-state index contributed by atoms with van der Waals surface area (Å²) in [4.78, 5) is 25.5. The zero-order valence-electron chi connectivity index (χ0n) is 14.4. The van der Waals surface area contributed by atoms with Crippen molar-refractivity contribution in [3.05, 3.63) is 23.3 Å². The van der Waals surface area contributed by atoms with Crippen molar-refractivity contribution < 1.29 is 19.1 Å². The van der Waals surface area contributed by atoms with Gasteiger partial charge in [-0.05, 0) is 58.7 Å². The summed E-state index contributed by atoms with van der Waals surface area (Å²) < 4.78 is 10.6. The molecule has 0 atom stereocenters. The number of hydrogen-bond acceptors (Lipinski definition) is 4. The molecule has 0 fully saturated rings. The van der Waals surface area contributed by atoms with Crippen molar-refractivity contribution in [1.82, 2.24) is 0 Å². The summed E-state index contributed by atoms with van der Waals surface area (Å²) in [6, 6.07) is 3.71. The Morgan fingerprint density at radius 1 is 1.18 bits per heavy atom. The van der Waals surface area contributed by atoms with Crippen molar-refractivity contribution >= 4 is 17.7 Å². The first-order valence-electron chi connectivity index (χ1n) is 7.32. The highest BCUT2D eigenvalue weighted by atomic mass is 16.6. The third-order valence-electron chi connectivity index (χ3n) is 3.11. The van der Waals surface area contributed by atoms with Gasteiger partial charge in [0.15, 0.2) is 5.75 Å². The van der Waals surface area contributed by atoms with Gasteiger partial charge < -0.3 is 9.47 Å². The minimum absolute atomic E-state index is 0.283. The van der Waals surface area contributed by atoms with E-state index >= 15 is 0 Å². The first kappa shape index (κ1) is 18.0. The summed E-state index contributed by atoms with van der Waals surface area (Å²) in [6.45, 7) is 11.2. The second kappa shape index (κ2) is 6.81. The van der Waals surface area contributed by atoms with Crippen LogP contribution < -0.4 is 9.64 Å². The van der Waals surface area contributed by atoms with Crippen LogP contribution in [0.5, 0.6) is 5.75 Å². The maximum atomic E-state index is 12.2. The molecule has 0 saturated heterocycles. The van der Waals surface area contributed by atoms with E-state index in [4.69, 9.17) is 9.47 Å². The maximum absolute atomic E-state index is 12.2. The molecule has 22 heavy (non-hydrogen) atoms. The summed E-state index contributed by atoms with van der Waals surface area (Å²) in [5.74, 6) is 0.0408. The van der Waals surface area contributed by atoms with E-state index in [1.54, 1.807) is 40.8 Å². The monoisotopic (exact) mass is 307 g/mol. The molecule has 5 nitrogen and oxygen atoms in total. The Labute approximate surface area is 132 Å². The second-order valence-corrected chi connectivity index (χ2v) is 6.33. The van der Waals surface area contributed by atoms with Crippen LogP contribution in [0.1, 0.15) is 38.8 Å². The number of carbonyl (C=O) groups excluding carboxylic acids is 2. The summed E-state index contributed by atoms with van der Waals surface area (Å²) >= 11 is 0. The quantitative estimate of drug-likeness (QED) is 0.629. The number of rotatable bonds is 3. The predicted molar refractivity (Wildman–Crippen MR) is 86.4 cm³/mol. The van der Waals surface area contributed by atoms with Crippen LogP contribution in [0.2, 0.25) is 0 Å². The van der Waals surface area contributed by atoms with Gasteiger partial charge in [-0.15, -0.1) is 0 Å². The van der Waals surface area contributed by atoms with Crippen LogP contribution in [0.15, 0.2) is 12.1 Å².